The van der Waals surface area contributed by atoms with Gasteiger partial charge in [-0.1, -0.05) is 37.3 Å². The number of pyridine rings is 1. The lowest BCUT2D eigenvalue weighted by molar-refractivity contribution is -0.137. The molecule has 3 rings (SSSR count). The number of aliphatic carboxylic acids is 1. The largest absolute Gasteiger partial charge is 0.481 e. The Morgan fingerprint density at radius 2 is 2.06 bits per heavy atom. The molecule has 188 valence electrons. The van der Waals surface area contributed by atoms with Gasteiger partial charge in [-0.2, -0.15) is 5.26 Å². The minimum absolute atomic E-state index is 0.0980. The minimum atomic E-state index is -0.821. The number of piperidine rings is 1. The van der Waals surface area contributed by atoms with Crippen molar-refractivity contribution in [2.75, 3.05) is 24.5 Å². The average Bonchev–Trinajstić information content (AvgIpc) is 3.07. The Hall–Kier alpha value is -2.64. The molecule has 2 saturated heterocycles. The van der Waals surface area contributed by atoms with Gasteiger partial charge in [-0.15, -0.1) is 0 Å². The second-order valence-corrected chi connectivity index (χ2v) is 10.8. The van der Waals surface area contributed by atoms with Crippen molar-refractivity contribution >= 4 is 52.1 Å². The van der Waals surface area contributed by atoms with Crippen molar-refractivity contribution in [3.63, 3.8) is 0 Å². The number of carbonyl (C=O) groups is 2. The Bertz CT molecular complexity index is 1150. The number of unbranched alkanes of at least 4 members (excludes halogenated alkanes) is 2. The van der Waals surface area contributed by atoms with Crippen LogP contribution in [0.3, 0.4) is 0 Å². The van der Waals surface area contributed by atoms with Crippen LogP contribution in [0.25, 0.3) is 6.08 Å². The van der Waals surface area contributed by atoms with E-state index in [9.17, 15) is 19.6 Å². The van der Waals surface area contributed by atoms with Crippen LogP contribution in [0.1, 0.15) is 69.1 Å². The van der Waals surface area contributed by atoms with E-state index in [4.69, 9.17) is 17.3 Å². The Morgan fingerprint density at radius 3 is 2.69 bits per heavy atom. The van der Waals surface area contributed by atoms with Gasteiger partial charge in [0.05, 0.1) is 4.91 Å². The quantitative estimate of drug-likeness (QED) is 0.297. The van der Waals surface area contributed by atoms with E-state index in [1.165, 1.54) is 11.8 Å². The molecule has 2 aliphatic rings. The number of aromatic nitrogens is 1. The fraction of sp³-hybridized carbons (Fsp3) is 0.560. The van der Waals surface area contributed by atoms with Crippen LogP contribution in [0.2, 0.25) is 0 Å². The van der Waals surface area contributed by atoms with Crippen LogP contribution in [-0.4, -0.2) is 50.4 Å². The van der Waals surface area contributed by atoms with Crippen LogP contribution in [0, 0.1) is 24.2 Å². The molecular formula is C25H32N4O4S2. The van der Waals surface area contributed by atoms with E-state index < -0.39 is 5.97 Å². The lowest BCUT2D eigenvalue weighted by atomic mass is 9.98. The van der Waals surface area contributed by atoms with E-state index in [1.807, 2.05) is 6.92 Å². The maximum atomic E-state index is 13.2. The first-order valence-electron chi connectivity index (χ1n) is 12.1. The molecule has 1 aromatic heterocycles. The van der Waals surface area contributed by atoms with Crippen molar-refractivity contribution < 1.29 is 14.7 Å². The van der Waals surface area contributed by atoms with Gasteiger partial charge in [-0.25, -0.2) is 0 Å². The van der Waals surface area contributed by atoms with Gasteiger partial charge >= 0.3 is 5.97 Å². The lowest BCUT2D eigenvalue weighted by Crippen LogP contribution is -2.40. The van der Waals surface area contributed by atoms with Gasteiger partial charge in [0.2, 0.25) is 0 Å². The molecule has 1 amide bonds. The Labute approximate surface area is 215 Å². The highest BCUT2D eigenvalue weighted by Gasteiger charge is 2.33. The summed E-state index contributed by atoms with van der Waals surface area (Å²) in [6.07, 6.45) is 5.98. The molecule has 10 heteroatoms. The lowest BCUT2D eigenvalue weighted by Gasteiger charge is -2.35. The summed E-state index contributed by atoms with van der Waals surface area (Å²) in [5, 5.41) is 18.5. The number of nitrogens with zero attached hydrogens (tertiary/aromatic N) is 4. The maximum Gasteiger partial charge on any atom is 0.303 e. The number of rotatable bonds is 9. The van der Waals surface area contributed by atoms with Crippen molar-refractivity contribution in [2.45, 2.75) is 65.8 Å². The number of carboxylic acid groups (broad SMARTS) is 1. The predicted molar refractivity (Wildman–Crippen MR) is 142 cm³/mol. The summed E-state index contributed by atoms with van der Waals surface area (Å²) in [4.78, 5) is 41.3. The van der Waals surface area contributed by atoms with Crippen molar-refractivity contribution in [1.82, 2.24) is 9.47 Å². The molecule has 2 aliphatic heterocycles. The average molecular weight is 517 g/mol. The molecule has 0 spiro atoms. The van der Waals surface area contributed by atoms with Gasteiger partial charge in [-0.05, 0) is 57.1 Å². The third-order valence-electron chi connectivity index (χ3n) is 6.54. The normalized spacial score (nSPS) is 19.5. The standard InChI is InChI=1S/C25H32N4O4S2/c1-4-28-22(27-11-8-9-16(2)15-27)18(17(3)19(14-26)23(28)32)13-20-24(33)29(25(34)35-20)12-7-5-6-10-21(30)31/h13,16H,4-12,15H2,1-3H3,(H,30,31)/b20-13-. The summed E-state index contributed by atoms with van der Waals surface area (Å²) in [5.74, 6) is 0.230. The fourth-order valence-electron chi connectivity index (χ4n) is 4.71. The molecule has 0 aliphatic carbocycles. The second-order valence-electron chi connectivity index (χ2n) is 9.13. The first kappa shape index (κ1) is 27.0. The van der Waals surface area contributed by atoms with Crippen molar-refractivity contribution in [3.05, 3.63) is 31.9 Å². The Balaban J connectivity index is 1.98. The first-order chi connectivity index (χ1) is 16.7. The minimum Gasteiger partial charge on any atom is -0.481 e. The molecule has 0 saturated carbocycles. The summed E-state index contributed by atoms with van der Waals surface area (Å²) in [6.45, 7) is 8.34. The summed E-state index contributed by atoms with van der Waals surface area (Å²) < 4.78 is 2.12. The molecule has 1 N–H and O–H groups in total. The third kappa shape index (κ3) is 5.96. The van der Waals surface area contributed by atoms with Crippen molar-refractivity contribution in [2.24, 2.45) is 5.92 Å². The van der Waals surface area contributed by atoms with Gasteiger partial charge in [0.25, 0.3) is 11.5 Å². The summed E-state index contributed by atoms with van der Waals surface area (Å²) in [5.41, 5.74) is 1.10. The molecule has 35 heavy (non-hydrogen) atoms. The zero-order valence-corrected chi connectivity index (χ0v) is 22.1. The maximum absolute atomic E-state index is 13.2. The summed E-state index contributed by atoms with van der Waals surface area (Å²) >= 11 is 6.70. The highest BCUT2D eigenvalue weighted by atomic mass is 32.2. The van der Waals surface area contributed by atoms with E-state index in [-0.39, 0.29) is 23.5 Å². The molecule has 1 unspecified atom stereocenters. The van der Waals surface area contributed by atoms with Crippen LogP contribution in [0.5, 0.6) is 0 Å². The number of thioether (sulfide) groups is 1. The summed E-state index contributed by atoms with van der Waals surface area (Å²) in [7, 11) is 0. The van der Waals surface area contributed by atoms with E-state index in [2.05, 4.69) is 17.9 Å². The van der Waals surface area contributed by atoms with Crippen LogP contribution in [0.15, 0.2) is 9.70 Å². The molecule has 1 aromatic rings. The number of hydrogen-bond acceptors (Lipinski definition) is 7. The zero-order valence-electron chi connectivity index (χ0n) is 20.5. The van der Waals surface area contributed by atoms with E-state index in [0.29, 0.717) is 53.1 Å². The second kappa shape index (κ2) is 11.9. The van der Waals surface area contributed by atoms with Gasteiger partial charge in [0, 0.05) is 38.2 Å². The van der Waals surface area contributed by atoms with Crippen molar-refractivity contribution in [3.8, 4) is 6.07 Å². The van der Waals surface area contributed by atoms with E-state index in [0.717, 1.165) is 37.3 Å². The number of nitriles is 1. The van der Waals surface area contributed by atoms with Gasteiger partial charge < -0.3 is 10.0 Å². The molecular weight excluding hydrogens is 484 g/mol. The smallest absolute Gasteiger partial charge is 0.303 e. The monoisotopic (exact) mass is 516 g/mol. The number of anilines is 1. The van der Waals surface area contributed by atoms with Gasteiger partial charge in [0.1, 0.15) is 21.8 Å². The van der Waals surface area contributed by atoms with Crippen LogP contribution >= 0.6 is 24.0 Å². The number of thiocarbonyl (C=S) groups is 1. The first-order valence-corrected chi connectivity index (χ1v) is 13.3. The SMILES string of the molecule is CCn1c(N2CCCC(C)C2)c(/C=C2\SC(=S)N(CCCCCC(=O)O)C2=O)c(C)c(C#N)c1=O. The van der Waals surface area contributed by atoms with Crippen LogP contribution in [-0.2, 0) is 16.1 Å². The molecule has 0 bridgehead atoms. The van der Waals surface area contributed by atoms with Gasteiger partial charge in [-0.3, -0.25) is 23.9 Å². The van der Waals surface area contributed by atoms with Gasteiger partial charge in [0.15, 0.2) is 0 Å². The third-order valence-corrected chi connectivity index (χ3v) is 7.92. The van der Waals surface area contributed by atoms with Crippen molar-refractivity contribution in [1.29, 1.82) is 5.26 Å². The molecule has 2 fully saturated rings. The molecule has 8 nitrogen and oxygen atoms in total. The Kier molecular flexibility index (Phi) is 9.14. The topological polar surface area (TPSA) is 107 Å². The Morgan fingerprint density at radius 1 is 1.31 bits per heavy atom. The number of hydrogen-bond donors (Lipinski definition) is 1. The zero-order chi connectivity index (χ0) is 25.7. The highest BCUT2D eigenvalue weighted by Crippen LogP contribution is 2.37. The highest BCUT2D eigenvalue weighted by molar-refractivity contribution is 8.26. The number of amides is 1. The van der Waals surface area contributed by atoms with E-state index >= 15 is 0 Å². The van der Waals surface area contributed by atoms with E-state index in [1.54, 1.807) is 22.5 Å². The van der Waals surface area contributed by atoms with Crippen LogP contribution in [0.4, 0.5) is 5.82 Å². The molecule has 3 heterocycles. The molecule has 0 aromatic carbocycles. The predicted octanol–water partition coefficient (Wildman–Crippen LogP) is 4.13. The fourth-order valence-corrected chi connectivity index (χ4v) is 6.00. The van der Waals surface area contributed by atoms with Crippen LogP contribution < -0.4 is 10.5 Å². The molecule has 1 atom stereocenters. The summed E-state index contributed by atoms with van der Waals surface area (Å²) in [6, 6.07) is 2.07. The number of carboxylic acids is 1. The molecule has 0 radical (unpaired) electrons. The number of carbonyl (C=O) groups excluding carboxylic acids is 1.